The molecule has 0 saturated heterocycles. The van der Waals surface area contributed by atoms with Gasteiger partial charge in [-0.2, -0.15) is 0 Å². The first-order valence-electron chi connectivity index (χ1n) is 0.612. The molecule has 0 bridgehead atoms. The van der Waals surface area contributed by atoms with Gasteiger partial charge in [-0.1, -0.05) is 0 Å². The third kappa shape index (κ3) is 52.3. The maximum absolute atomic E-state index is 8.33. The van der Waals surface area contributed by atoms with E-state index in [0.717, 1.165) is 0 Å². The van der Waals surface area contributed by atoms with E-state index in [-0.39, 0.29) is 68.5 Å². The first-order valence-corrected chi connectivity index (χ1v) is 0.612. The molecule has 0 atom stereocenters. The monoisotopic (exact) mass is 155 g/mol. The minimum atomic E-state index is -2.33. The van der Waals surface area contributed by atoms with Gasteiger partial charge in [0.15, 0.2) is 0 Å². The molecular weight excluding hydrogens is 155 g/mol. The van der Waals surface area contributed by atoms with Crippen molar-refractivity contribution in [2.24, 2.45) is 0 Å². The molecule has 0 spiro atoms. The standard InChI is InChI=1S/CH2O3.Fe.K/c2-1(3)4;;/h(H2,2,3,4);;/q;+2;+1/p-2. The van der Waals surface area contributed by atoms with Gasteiger partial charge in [-0.05, 0) is 6.16 Å². The van der Waals surface area contributed by atoms with Gasteiger partial charge < -0.3 is 15.0 Å². The number of hydrogen-bond acceptors (Lipinski definition) is 3. The minimum Gasteiger partial charge on any atom is -0.652 e. The van der Waals surface area contributed by atoms with Gasteiger partial charge >= 0.3 is 68.5 Å². The van der Waals surface area contributed by atoms with Crippen LogP contribution in [0, 0.1) is 0 Å². The second-order valence-corrected chi connectivity index (χ2v) is 0.250. The van der Waals surface area contributed by atoms with E-state index in [1.165, 1.54) is 0 Å². The fraction of sp³-hybridized carbons (Fsp3) is 0. The maximum Gasteiger partial charge on any atom is 2.00 e. The van der Waals surface area contributed by atoms with E-state index in [1.54, 1.807) is 0 Å². The van der Waals surface area contributed by atoms with E-state index in [9.17, 15) is 0 Å². The van der Waals surface area contributed by atoms with Crippen LogP contribution in [0.3, 0.4) is 0 Å². The van der Waals surface area contributed by atoms with Gasteiger partial charge in [0, 0.05) is 0 Å². The number of carbonyl (C=O) groups is 1. The van der Waals surface area contributed by atoms with Gasteiger partial charge in [-0.15, -0.1) is 0 Å². The van der Waals surface area contributed by atoms with Gasteiger partial charge in [0.1, 0.15) is 0 Å². The Kier molecular flexibility index (Phi) is 25.2. The molecule has 0 unspecified atom stereocenters. The zero-order chi connectivity index (χ0) is 3.58. The van der Waals surface area contributed by atoms with Crippen molar-refractivity contribution in [2.45, 2.75) is 0 Å². The molecule has 0 aliphatic rings. The van der Waals surface area contributed by atoms with Crippen molar-refractivity contribution in [3.63, 3.8) is 0 Å². The van der Waals surface area contributed by atoms with E-state index in [4.69, 9.17) is 15.0 Å². The normalized spacial score (nSPS) is 4.00. The van der Waals surface area contributed by atoms with Crippen molar-refractivity contribution in [3.8, 4) is 0 Å². The molecule has 0 aromatic rings. The van der Waals surface area contributed by atoms with E-state index >= 15 is 0 Å². The summed E-state index contributed by atoms with van der Waals surface area (Å²) < 4.78 is 0. The van der Waals surface area contributed by atoms with Gasteiger partial charge in [0.25, 0.3) is 0 Å². The quantitative estimate of drug-likeness (QED) is 0.328. The van der Waals surface area contributed by atoms with Crippen LogP contribution in [0.25, 0.3) is 0 Å². The molecule has 0 amide bonds. The first-order chi connectivity index (χ1) is 1.73. The molecule has 0 aliphatic carbocycles. The van der Waals surface area contributed by atoms with Crippen LogP contribution in [-0.4, -0.2) is 6.16 Å². The molecule has 0 aromatic heterocycles. The Balaban J connectivity index is -0.0000000450. The van der Waals surface area contributed by atoms with Crippen molar-refractivity contribution < 1.29 is 83.5 Å². The molecule has 0 heterocycles. The average Bonchev–Trinajstić information content (AvgIpc) is 0.811. The van der Waals surface area contributed by atoms with Crippen molar-refractivity contribution in [2.75, 3.05) is 0 Å². The molecule has 0 fully saturated rings. The Morgan fingerprint density at radius 1 is 1.33 bits per heavy atom. The van der Waals surface area contributed by atoms with E-state index in [0.29, 0.717) is 0 Å². The molecule has 0 radical (unpaired) electrons. The zero-order valence-electron chi connectivity index (χ0n) is 3.08. The van der Waals surface area contributed by atoms with Crippen LogP contribution >= 0.6 is 0 Å². The fourth-order valence-electron chi connectivity index (χ4n) is 0. The summed E-state index contributed by atoms with van der Waals surface area (Å²) in [5.74, 6) is 0. The van der Waals surface area contributed by atoms with E-state index in [2.05, 4.69) is 0 Å². The maximum atomic E-state index is 8.33. The summed E-state index contributed by atoms with van der Waals surface area (Å²) in [5, 5.41) is 16.7. The molecule has 5 heteroatoms. The van der Waals surface area contributed by atoms with Gasteiger partial charge in [-0.25, -0.2) is 0 Å². The third-order valence-corrected chi connectivity index (χ3v) is 0. The molecule has 0 saturated carbocycles. The second kappa shape index (κ2) is 9.66. The predicted octanol–water partition coefficient (Wildman–Crippen LogP) is -5.45. The van der Waals surface area contributed by atoms with Crippen LogP contribution in [0.4, 0.5) is 4.79 Å². The smallest absolute Gasteiger partial charge is 0.652 e. The van der Waals surface area contributed by atoms with Gasteiger partial charge in [-0.3, -0.25) is 0 Å². The SMILES string of the molecule is O=C([O-])[O-].[Fe+2].[K+]. The zero-order valence-corrected chi connectivity index (χ0v) is 7.31. The van der Waals surface area contributed by atoms with Crippen molar-refractivity contribution in [3.05, 3.63) is 0 Å². The Morgan fingerprint density at radius 3 is 1.33 bits per heavy atom. The first kappa shape index (κ1) is 15.7. The van der Waals surface area contributed by atoms with Crippen LogP contribution in [0.15, 0.2) is 0 Å². The predicted molar refractivity (Wildman–Crippen MR) is 5.40 cm³/mol. The minimum absolute atomic E-state index is 0. The summed E-state index contributed by atoms with van der Waals surface area (Å²) in [6.07, 6.45) is -2.33. The number of carboxylic acid groups (broad SMARTS) is 2. The Bertz CT molecular complexity index is 33.8. The average molecular weight is 155 g/mol. The summed E-state index contributed by atoms with van der Waals surface area (Å²) >= 11 is 0. The molecule has 30 valence electrons. The molecule has 3 nitrogen and oxygen atoms in total. The largest absolute Gasteiger partial charge is 2.00 e. The molecule has 0 aromatic carbocycles. The number of rotatable bonds is 0. The van der Waals surface area contributed by atoms with Crippen LogP contribution in [-0.2, 0) is 17.1 Å². The summed E-state index contributed by atoms with van der Waals surface area (Å²) in [4.78, 5) is 8.33. The Morgan fingerprint density at radius 2 is 1.33 bits per heavy atom. The van der Waals surface area contributed by atoms with E-state index < -0.39 is 6.16 Å². The third-order valence-electron chi connectivity index (χ3n) is 0. The molecule has 0 rings (SSSR count). The molecular formula is CFeKO3+. The van der Waals surface area contributed by atoms with Gasteiger partial charge in [0.2, 0.25) is 0 Å². The van der Waals surface area contributed by atoms with E-state index in [1.807, 2.05) is 0 Å². The molecule has 0 N–H and O–H groups in total. The summed E-state index contributed by atoms with van der Waals surface area (Å²) in [6.45, 7) is 0. The Hall–Kier alpha value is 1.43. The van der Waals surface area contributed by atoms with Crippen LogP contribution in [0.5, 0.6) is 0 Å². The van der Waals surface area contributed by atoms with Crippen LogP contribution in [0.1, 0.15) is 0 Å². The fourth-order valence-corrected chi connectivity index (χ4v) is 0. The number of hydrogen-bond donors (Lipinski definition) is 0. The van der Waals surface area contributed by atoms with Crippen molar-refractivity contribution >= 4 is 6.16 Å². The van der Waals surface area contributed by atoms with Gasteiger partial charge in [0.05, 0.1) is 0 Å². The molecule has 6 heavy (non-hydrogen) atoms. The summed E-state index contributed by atoms with van der Waals surface area (Å²) in [5.41, 5.74) is 0. The summed E-state index contributed by atoms with van der Waals surface area (Å²) in [7, 11) is 0. The number of carbonyl (C=O) groups excluding carboxylic acids is 1. The van der Waals surface area contributed by atoms with Crippen LogP contribution < -0.4 is 61.6 Å². The van der Waals surface area contributed by atoms with Crippen LogP contribution in [0.2, 0.25) is 0 Å². The summed E-state index contributed by atoms with van der Waals surface area (Å²) in [6, 6.07) is 0. The Labute approximate surface area is 88.0 Å². The second-order valence-electron chi connectivity index (χ2n) is 0.250. The topological polar surface area (TPSA) is 63.2 Å². The van der Waals surface area contributed by atoms with Crippen molar-refractivity contribution in [1.82, 2.24) is 0 Å². The van der Waals surface area contributed by atoms with Crippen molar-refractivity contribution in [1.29, 1.82) is 0 Å². The molecule has 0 aliphatic heterocycles.